The summed E-state index contributed by atoms with van der Waals surface area (Å²) in [7, 11) is -2.92. The maximum absolute atomic E-state index is 12.9. The van der Waals surface area contributed by atoms with Crippen LogP contribution in [0.3, 0.4) is 0 Å². The Balaban J connectivity index is 1.56. The van der Waals surface area contributed by atoms with E-state index in [0.29, 0.717) is 16.3 Å². The van der Waals surface area contributed by atoms with Crippen molar-refractivity contribution in [2.45, 2.75) is 18.4 Å². The third-order valence-electron chi connectivity index (χ3n) is 5.33. The average molecular weight is 652 g/mol. The molecule has 1 heterocycles. The third kappa shape index (κ3) is 6.82. The molecule has 0 unspecified atom stereocenters. The highest BCUT2D eigenvalue weighted by atomic mass is 79.9. The van der Waals surface area contributed by atoms with Crippen LogP contribution in [-0.2, 0) is 26.3 Å². The van der Waals surface area contributed by atoms with Crippen LogP contribution in [0, 0.1) is 0 Å². The van der Waals surface area contributed by atoms with Crippen LogP contribution in [-0.4, -0.2) is 37.5 Å². The summed E-state index contributed by atoms with van der Waals surface area (Å²) < 4.78 is 36.8. The summed E-state index contributed by atoms with van der Waals surface area (Å²) in [6.45, 7) is 1.44. The van der Waals surface area contributed by atoms with Crippen molar-refractivity contribution >= 4 is 78.2 Å². The van der Waals surface area contributed by atoms with Gasteiger partial charge in [0, 0.05) is 17.6 Å². The first kappa shape index (κ1) is 28.7. The summed E-state index contributed by atoms with van der Waals surface area (Å²) in [5.74, 6) is -0.770. The first-order chi connectivity index (χ1) is 18.5. The van der Waals surface area contributed by atoms with E-state index in [9.17, 15) is 22.8 Å². The topological polar surface area (TPSA) is 119 Å². The molecule has 3 aromatic rings. The lowest BCUT2D eigenvalue weighted by atomic mass is 10.1. The van der Waals surface area contributed by atoms with Crippen molar-refractivity contribution in [2.75, 3.05) is 12.4 Å². The highest BCUT2D eigenvalue weighted by Gasteiger charge is 2.35. The number of ether oxygens (including phenoxy) is 1. The zero-order valence-corrected chi connectivity index (χ0v) is 24.4. The molecule has 1 saturated heterocycles. The molecule has 0 radical (unpaired) electrons. The first-order valence-electron chi connectivity index (χ1n) is 11.2. The van der Waals surface area contributed by atoms with Crippen LogP contribution in [0.1, 0.15) is 18.1 Å². The van der Waals surface area contributed by atoms with Gasteiger partial charge in [-0.15, -0.1) is 0 Å². The second kappa shape index (κ2) is 11.8. The van der Waals surface area contributed by atoms with Crippen molar-refractivity contribution in [1.29, 1.82) is 0 Å². The van der Waals surface area contributed by atoms with Crippen LogP contribution in [0.15, 0.2) is 74.9 Å². The van der Waals surface area contributed by atoms with Crippen LogP contribution < -0.4 is 14.2 Å². The van der Waals surface area contributed by atoms with Gasteiger partial charge in [-0.3, -0.25) is 19.3 Å². The van der Waals surface area contributed by atoms with Crippen molar-refractivity contribution in [2.24, 2.45) is 0 Å². The number of nitrogens with zero attached hydrogens (tertiary/aromatic N) is 1. The molecule has 1 fully saturated rings. The minimum atomic E-state index is -4.26. The van der Waals surface area contributed by atoms with Gasteiger partial charge in [0.25, 0.3) is 11.1 Å². The Hall–Kier alpha value is -3.32. The number of halogens is 2. The lowest BCUT2D eigenvalue weighted by Crippen LogP contribution is -2.27. The number of thioether (sulfide) groups is 1. The summed E-state index contributed by atoms with van der Waals surface area (Å²) in [6, 6.07) is 15.3. The van der Waals surface area contributed by atoms with Crippen LogP contribution in [0.2, 0.25) is 5.02 Å². The molecule has 9 nitrogen and oxygen atoms in total. The van der Waals surface area contributed by atoms with E-state index < -0.39 is 21.3 Å². The zero-order valence-electron chi connectivity index (χ0n) is 20.4. The van der Waals surface area contributed by atoms with Crippen LogP contribution in [0.5, 0.6) is 11.5 Å². The van der Waals surface area contributed by atoms with E-state index in [2.05, 4.69) is 21.2 Å². The average Bonchev–Trinajstić information content (AvgIpc) is 3.13. The van der Waals surface area contributed by atoms with Gasteiger partial charge in [0.05, 0.1) is 23.0 Å². The van der Waals surface area contributed by atoms with E-state index in [1.165, 1.54) is 50.4 Å². The van der Waals surface area contributed by atoms with Gasteiger partial charge in [0.15, 0.2) is 11.5 Å². The van der Waals surface area contributed by atoms with Gasteiger partial charge in [0.2, 0.25) is 5.91 Å². The highest BCUT2D eigenvalue weighted by molar-refractivity contribution is 9.10. The smallest absolute Gasteiger partial charge is 0.339 e. The van der Waals surface area contributed by atoms with Gasteiger partial charge in [-0.05, 0) is 93.4 Å². The Labute approximate surface area is 242 Å². The molecule has 0 aliphatic carbocycles. The minimum absolute atomic E-state index is 0.0782. The number of hydrogen-bond donors (Lipinski definition) is 1. The highest BCUT2D eigenvalue weighted by Crippen LogP contribution is 2.40. The third-order valence-corrected chi connectivity index (χ3v) is 8.32. The molecule has 39 heavy (non-hydrogen) atoms. The summed E-state index contributed by atoms with van der Waals surface area (Å²) in [4.78, 5) is 37.9. The van der Waals surface area contributed by atoms with E-state index >= 15 is 0 Å². The fraction of sp³-hybridized carbons (Fsp3) is 0.115. The van der Waals surface area contributed by atoms with Crippen LogP contribution in [0.25, 0.3) is 6.08 Å². The van der Waals surface area contributed by atoms with E-state index in [0.717, 1.165) is 22.2 Å². The molecule has 1 N–H and O–H groups in total. The van der Waals surface area contributed by atoms with E-state index in [-0.39, 0.29) is 38.2 Å². The molecule has 1 aliphatic rings. The Kier molecular flexibility index (Phi) is 8.70. The quantitative estimate of drug-likeness (QED) is 0.230. The van der Waals surface area contributed by atoms with Crippen molar-refractivity contribution in [3.63, 3.8) is 0 Å². The second-order valence-corrected chi connectivity index (χ2v) is 12.0. The fourth-order valence-electron chi connectivity index (χ4n) is 3.53. The number of methoxy groups -OCH3 is 1. The molecule has 1 aliphatic heterocycles. The summed E-state index contributed by atoms with van der Waals surface area (Å²) in [5, 5.41) is 2.69. The monoisotopic (exact) mass is 650 g/mol. The molecule has 0 saturated carbocycles. The van der Waals surface area contributed by atoms with Crippen molar-refractivity contribution in [1.82, 2.24) is 4.90 Å². The van der Waals surface area contributed by atoms with Gasteiger partial charge in [-0.2, -0.15) is 8.42 Å². The number of nitrogens with one attached hydrogen (secondary N) is 1. The minimum Gasteiger partial charge on any atom is -0.493 e. The van der Waals surface area contributed by atoms with Crippen molar-refractivity contribution in [3.05, 3.63) is 86.2 Å². The molecule has 0 bridgehead atoms. The normalized spacial score (nSPS) is 14.6. The predicted molar refractivity (Wildman–Crippen MR) is 152 cm³/mol. The number of carbonyl (C=O) groups is 3. The lowest BCUT2D eigenvalue weighted by molar-refractivity contribution is -0.123. The molecule has 3 aromatic carbocycles. The Morgan fingerprint density at radius 3 is 2.38 bits per heavy atom. The van der Waals surface area contributed by atoms with Gasteiger partial charge in [-0.25, -0.2) is 0 Å². The SMILES string of the molecule is COc1cc(/C=C2\SC(=O)N(Cc3ccc(Cl)cc3)C2=O)cc(Br)c1OS(=O)(=O)c1ccc(NC(C)=O)cc1. The number of imide groups is 1. The van der Waals surface area contributed by atoms with Crippen molar-refractivity contribution in [3.8, 4) is 11.5 Å². The molecule has 3 amide bonds. The molecule has 0 atom stereocenters. The molecule has 0 spiro atoms. The Morgan fingerprint density at radius 1 is 1.10 bits per heavy atom. The number of anilines is 1. The van der Waals surface area contributed by atoms with E-state index in [4.69, 9.17) is 20.5 Å². The zero-order chi connectivity index (χ0) is 28.3. The molecule has 202 valence electrons. The molecule has 0 aromatic heterocycles. The maximum Gasteiger partial charge on any atom is 0.339 e. The van der Waals surface area contributed by atoms with Gasteiger partial charge < -0.3 is 14.2 Å². The van der Waals surface area contributed by atoms with Crippen LogP contribution >= 0.6 is 39.3 Å². The predicted octanol–water partition coefficient (Wildman–Crippen LogP) is 6.07. The van der Waals surface area contributed by atoms with Gasteiger partial charge in [0.1, 0.15) is 4.90 Å². The molecule has 4 rings (SSSR count). The molecular weight excluding hydrogens is 632 g/mol. The second-order valence-electron chi connectivity index (χ2n) is 8.17. The van der Waals surface area contributed by atoms with Gasteiger partial charge in [-0.1, -0.05) is 23.7 Å². The van der Waals surface area contributed by atoms with E-state index in [1.807, 2.05) is 0 Å². The largest absolute Gasteiger partial charge is 0.493 e. The van der Waals surface area contributed by atoms with Crippen LogP contribution in [0.4, 0.5) is 10.5 Å². The lowest BCUT2D eigenvalue weighted by Gasteiger charge is -2.14. The molecular formula is C26H20BrClN2O7S2. The number of carbonyl (C=O) groups excluding carboxylic acids is 3. The number of rotatable bonds is 8. The first-order valence-corrected chi connectivity index (χ1v) is 14.6. The fourth-order valence-corrected chi connectivity index (χ4v) is 6.10. The number of benzene rings is 3. The Bertz CT molecular complexity index is 1590. The number of hydrogen-bond acceptors (Lipinski definition) is 8. The summed E-state index contributed by atoms with van der Waals surface area (Å²) in [5.41, 5.74) is 1.65. The van der Waals surface area contributed by atoms with E-state index in [1.54, 1.807) is 30.3 Å². The Morgan fingerprint density at radius 2 is 1.77 bits per heavy atom. The van der Waals surface area contributed by atoms with Crippen molar-refractivity contribution < 1.29 is 31.7 Å². The summed E-state index contributed by atoms with van der Waals surface area (Å²) in [6.07, 6.45) is 1.51. The molecule has 13 heteroatoms. The summed E-state index contributed by atoms with van der Waals surface area (Å²) >= 11 is 10.0. The standard InChI is InChI=1S/C26H20BrClN2O7S2/c1-15(31)29-19-7-9-20(10-8-19)39(34,35)37-24-21(27)11-17(12-22(24)36-2)13-23-25(32)30(26(33)38-23)14-16-3-5-18(28)6-4-16/h3-13H,14H2,1-2H3,(H,29,31)/b23-13-. The number of amides is 3. The van der Waals surface area contributed by atoms with Gasteiger partial charge >= 0.3 is 10.1 Å². The maximum atomic E-state index is 12.9.